The van der Waals surface area contributed by atoms with Gasteiger partial charge in [0, 0.05) is 31.2 Å². The first-order chi connectivity index (χ1) is 20.5. The van der Waals surface area contributed by atoms with Crippen LogP contribution in [-0.2, 0) is 4.74 Å². The lowest BCUT2D eigenvalue weighted by molar-refractivity contribution is 0.100. The minimum absolute atomic E-state index is 0.0189. The monoisotopic (exact) mass is 576 g/mol. The summed E-state index contributed by atoms with van der Waals surface area (Å²) in [6, 6.07) is 2.88. The Bertz CT molecular complexity index is 1830. The lowest BCUT2D eigenvalue weighted by Gasteiger charge is -2.29. The van der Waals surface area contributed by atoms with E-state index in [-0.39, 0.29) is 57.3 Å². The van der Waals surface area contributed by atoms with Crippen molar-refractivity contribution in [3.8, 4) is 11.3 Å². The van der Waals surface area contributed by atoms with Gasteiger partial charge in [-0.15, -0.1) is 0 Å². The number of nitrogens with two attached hydrogens (primary N) is 2. The number of nitrogens with zero attached hydrogens (tertiary/aromatic N) is 6. The van der Waals surface area contributed by atoms with Gasteiger partial charge < -0.3 is 45.1 Å². The van der Waals surface area contributed by atoms with Crippen molar-refractivity contribution in [2.45, 2.75) is 37.8 Å². The van der Waals surface area contributed by atoms with Crippen molar-refractivity contribution in [2.75, 3.05) is 41.8 Å². The summed E-state index contributed by atoms with van der Waals surface area (Å²) in [4.78, 5) is 36.1. The minimum Gasteiger partial charge on any atom is -0.456 e. The highest BCUT2D eigenvalue weighted by molar-refractivity contribution is 6.04. The fourth-order valence-corrected chi connectivity index (χ4v) is 5.42. The fourth-order valence-electron chi connectivity index (χ4n) is 5.42. The van der Waals surface area contributed by atoms with Crippen LogP contribution in [0.3, 0.4) is 0 Å². The molecule has 6 heterocycles. The highest BCUT2D eigenvalue weighted by Crippen LogP contribution is 2.34. The van der Waals surface area contributed by atoms with Crippen molar-refractivity contribution in [1.82, 2.24) is 24.7 Å². The molecule has 2 atom stereocenters. The molecule has 6 N–H and O–H groups in total. The third kappa shape index (κ3) is 4.59. The molecule has 0 spiro atoms. The molecule has 16 heteroatoms. The van der Waals surface area contributed by atoms with E-state index in [2.05, 4.69) is 30.9 Å². The van der Waals surface area contributed by atoms with Gasteiger partial charge >= 0.3 is 0 Å². The second-order valence-corrected chi connectivity index (χ2v) is 10.3. The maximum absolute atomic E-state index is 12.8. The summed E-state index contributed by atoms with van der Waals surface area (Å²) < 4.78 is 24.0. The molecule has 7 rings (SSSR count). The topological polar surface area (TPSA) is 218 Å². The third-order valence-corrected chi connectivity index (χ3v) is 7.58. The summed E-state index contributed by atoms with van der Waals surface area (Å²) in [5.41, 5.74) is 12.7. The van der Waals surface area contributed by atoms with Crippen molar-refractivity contribution < 1.29 is 22.9 Å². The second kappa shape index (κ2) is 10.5. The zero-order valence-electron chi connectivity index (χ0n) is 22.4. The van der Waals surface area contributed by atoms with Gasteiger partial charge in [-0.25, -0.2) is 4.98 Å². The maximum atomic E-state index is 12.8. The number of carbonyl (C=O) groups is 1. The van der Waals surface area contributed by atoms with E-state index >= 15 is 0 Å². The smallest absolute Gasteiger partial charge is 0.256 e. The number of furan rings is 1. The van der Waals surface area contributed by atoms with E-state index in [1.54, 1.807) is 6.07 Å². The number of morpholine rings is 1. The summed E-state index contributed by atoms with van der Waals surface area (Å²) in [6.45, 7) is 2.24. The molecule has 0 bridgehead atoms. The van der Waals surface area contributed by atoms with Crippen molar-refractivity contribution in [2.24, 2.45) is 11.5 Å². The van der Waals surface area contributed by atoms with Gasteiger partial charge in [0.25, 0.3) is 5.91 Å². The van der Waals surface area contributed by atoms with Gasteiger partial charge in [-0.3, -0.25) is 9.59 Å². The summed E-state index contributed by atoms with van der Waals surface area (Å²) in [7, 11) is 0. The number of primary amides is 1. The van der Waals surface area contributed by atoms with Gasteiger partial charge in [-0.1, -0.05) is 18.0 Å². The van der Waals surface area contributed by atoms with E-state index < -0.39 is 5.91 Å². The van der Waals surface area contributed by atoms with Crippen molar-refractivity contribution in [3.63, 3.8) is 0 Å². The molecule has 5 aromatic heterocycles. The lowest BCUT2D eigenvalue weighted by Crippen LogP contribution is -2.43. The van der Waals surface area contributed by atoms with E-state index in [0.29, 0.717) is 43.7 Å². The van der Waals surface area contributed by atoms with Crippen LogP contribution in [0, 0.1) is 0 Å². The van der Waals surface area contributed by atoms with Crippen molar-refractivity contribution >= 4 is 46.2 Å². The van der Waals surface area contributed by atoms with Crippen molar-refractivity contribution in [1.29, 1.82) is 0 Å². The van der Waals surface area contributed by atoms with Gasteiger partial charge in [0.2, 0.25) is 17.0 Å². The van der Waals surface area contributed by atoms with Crippen LogP contribution < -0.4 is 32.4 Å². The Morgan fingerprint density at radius 3 is 2.76 bits per heavy atom. The Balaban J connectivity index is 1.23. The Hall–Kier alpha value is -4.96. The number of hydrogen-bond acceptors (Lipinski definition) is 14. The van der Waals surface area contributed by atoms with E-state index in [1.807, 2.05) is 4.90 Å². The Morgan fingerprint density at radius 2 is 1.95 bits per heavy atom. The van der Waals surface area contributed by atoms with Crippen LogP contribution >= 0.6 is 0 Å². The van der Waals surface area contributed by atoms with Gasteiger partial charge in [-0.05, 0) is 12.8 Å². The first-order valence-corrected chi connectivity index (χ1v) is 13.6. The van der Waals surface area contributed by atoms with Crippen LogP contribution in [0.5, 0.6) is 0 Å². The number of hydrogen-bond donors (Lipinski definition) is 4. The van der Waals surface area contributed by atoms with Crippen molar-refractivity contribution in [3.05, 3.63) is 40.5 Å². The normalized spacial score (nSPS) is 19.4. The van der Waals surface area contributed by atoms with Gasteiger partial charge in [0.1, 0.15) is 23.7 Å². The SMILES string of the molecule is NC(=O)c1c(Nc2cc(-c3coc4c(=O)cc(N5CCOCC5)oc34)on2)nc(N[C@H]2CCCC[C@H]2N)n2ncnc12. The Kier molecular flexibility index (Phi) is 6.47. The Labute approximate surface area is 237 Å². The van der Waals surface area contributed by atoms with E-state index in [1.165, 1.54) is 23.2 Å². The molecular weight excluding hydrogens is 548 g/mol. The molecule has 1 amide bonds. The van der Waals surface area contributed by atoms with E-state index in [4.69, 9.17) is 29.6 Å². The molecule has 16 nitrogen and oxygen atoms in total. The molecule has 1 saturated heterocycles. The van der Waals surface area contributed by atoms with Crippen LogP contribution in [0.25, 0.3) is 28.1 Å². The molecule has 0 aromatic carbocycles. The number of carbonyl (C=O) groups excluding carboxylic acids is 1. The quantitative estimate of drug-likeness (QED) is 0.217. The molecule has 0 unspecified atom stereocenters. The van der Waals surface area contributed by atoms with Crippen LogP contribution in [0.2, 0.25) is 0 Å². The second-order valence-electron chi connectivity index (χ2n) is 10.3. The van der Waals surface area contributed by atoms with Crippen LogP contribution in [0.4, 0.5) is 23.5 Å². The van der Waals surface area contributed by atoms with E-state index in [0.717, 1.165) is 25.7 Å². The molecule has 218 valence electrons. The molecule has 1 saturated carbocycles. The molecule has 1 aliphatic carbocycles. The number of anilines is 4. The number of amides is 1. The maximum Gasteiger partial charge on any atom is 0.256 e. The van der Waals surface area contributed by atoms with Crippen LogP contribution in [0.1, 0.15) is 36.0 Å². The summed E-state index contributed by atoms with van der Waals surface area (Å²) in [5, 5.41) is 14.7. The molecule has 5 aromatic rings. The lowest BCUT2D eigenvalue weighted by atomic mass is 9.91. The zero-order chi connectivity index (χ0) is 28.8. The molecule has 2 fully saturated rings. The molecule has 42 heavy (non-hydrogen) atoms. The van der Waals surface area contributed by atoms with Crippen LogP contribution in [0.15, 0.2) is 42.9 Å². The van der Waals surface area contributed by atoms with Gasteiger partial charge in [0.05, 0.1) is 19.3 Å². The number of rotatable bonds is 7. The number of aromatic nitrogens is 5. The van der Waals surface area contributed by atoms with Gasteiger partial charge in [0.15, 0.2) is 34.5 Å². The third-order valence-electron chi connectivity index (χ3n) is 7.58. The summed E-state index contributed by atoms with van der Waals surface area (Å²) in [6.07, 6.45) is 6.55. The highest BCUT2D eigenvalue weighted by atomic mass is 16.5. The standard InChI is InChI=1S/C26H28N10O6/c27-14-3-1-2-4-15(14)31-26-33-24(20(23(28)38)25-29-12-30-36(25)26)32-18-10-17(42-34-18)13-11-40-22-16(37)9-19(41-21(13)22)35-5-7-39-8-6-35/h9-12,14-15H,1-8,27H2,(H2,28,38)(H,31,33)(H,32,34)/t14-,15+/m1/s1. The number of nitrogens with one attached hydrogen (secondary N) is 2. The average Bonchev–Trinajstić information content (AvgIpc) is 3.75. The van der Waals surface area contributed by atoms with Crippen LogP contribution in [-0.4, -0.2) is 69.0 Å². The summed E-state index contributed by atoms with van der Waals surface area (Å²) >= 11 is 0. The number of ether oxygens (including phenoxy) is 1. The molecule has 0 radical (unpaired) electrons. The Morgan fingerprint density at radius 1 is 1.12 bits per heavy atom. The minimum atomic E-state index is -0.758. The largest absolute Gasteiger partial charge is 0.456 e. The fraction of sp³-hybridized carbons (Fsp3) is 0.385. The molecule has 1 aliphatic heterocycles. The molecular formula is C26H28N10O6. The molecule has 2 aliphatic rings. The zero-order valence-corrected chi connectivity index (χ0v) is 22.4. The predicted octanol–water partition coefficient (Wildman–Crippen LogP) is 1.84. The predicted molar refractivity (Wildman–Crippen MR) is 150 cm³/mol. The first-order valence-electron chi connectivity index (χ1n) is 13.6. The summed E-state index contributed by atoms with van der Waals surface area (Å²) in [5.74, 6) is 0.573. The highest BCUT2D eigenvalue weighted by Gasteiger charge is 2.27. The van der Waals surface area contributed by atoms with Gasteiger partial charge in [-0.2, -0.15) is 14.6 Å². The van der Waals surface area contributed by atoms with E-state index in [9.17, 15) is 9.59 Å². The average molecular weight is 577 g/mol. The number of fused-ring (bicyclic) bond motifs is 2. The first kappa shape index (κ1) is 26.0.